The van der Waals surface area contributed by atoms with E-state index in [0.29, 0.717) is 16.5 Å². The summed E-state index contributed by atoms with van der Waals surface area (Å²) in [6.45, 7) is 3.90. The van der Waals surface area contributed by atoms with Crippen molar-refractivity contribution in [3.63, 3.8) is 0 Å². The molecule has 0 amide bonds. The standard InChI is InChI=1S/C11H16Cl2N2/c1-11(2,15)6-10(14)7-3-4-8(12)9(13)5-7/h3-5,10H,6,14-15H2,1-2H3. The van der Waals surface area contributed by atoms with E-state index >= 15 is 0 Å². The molecule has 1 aromatic rings. The van der Waals surface area contributed by atoms with Crippen molar-refractivity contribution in [3.8, 4) is 0 Å². The molecular weight excluding hydrogens is 231 g/mol. The van der Waals surface area contributed by atoms with Gasteiger partial charge in [0, 0.05) is 11.6 Å². The Morgan fingerprint density at radius 2 is 1.87 bits per heavy atom. The Morgan fingerprint density at radius 1 is 1.27 bits per heavy atom. The summed E-state index contributed by atoms with van der Waals surface area (Å²) in [7, 11) is 0. The summed E-state index contributed by atoms with van der Waals surface area (Å²) in [6, 6.07) is 5.31. The van der Waals surface area contributed by atoms with Crippen molar-refractivity contribution < 1.29 is 0 Å². The molecule has 0 radical (unpaired) electrons. The van der Waals surface area contributed by atoms with Gasteiger partial charge in [0.15, 0.2) is 0 Å². The monoisotopic (exact) mass is 246 g/mol. The SMILES string of the molecule is CC(C)(N)CC(N)c1ccc(Cl)c(Cl)c1. The lowest BCUT2D eigenvalue weighted by atomic mass is 9.93. The maximum atomic E-state index is 6.02. The third-order valence-electron chi connectivity index (χ3n) is 2.12. The first-order valence-electron chi connectivity index (χ1n) is 4.79. The molecule has 4 heteroatoms. The Bertz CT molecular complexity index is 345. The van der Waals surface area contributed by atoms with Crippen molar-refractivity contribution >= 4 is 23.2 Å². The highest BCUT2D eigenvalue weighted by Gasteiger charge is 2.17. The molecule has 15 heavy (non-hydrogen) atoms. The fourth-order valence-corrected chi connectivity index (χ4v) is 1.73. The van der Waals surface area contributed by atoms with Crippen molar-refractivity contribution in [2.45, 2.75) is 31.8 Å². The largest absolute Gasteiger partial charge is 0.325 e. The molecule has 0 saturated carbocycles. The van der Waals surface area contributed by atoms with Crippen LogP contribution in [-0.2, 0) is 0 Å². The first-order valence-corrected chi connectivity index (χ1v) is 5.54. The maximum Gasteiger partial charge on any atom is 0.0595 e. The zero-order valence-corrected chi connectivity index (χ0v) is 10.4. The highest BCUT2D eigenvalue weighted by Crippen LogP contribution is 2.27. The molecular formula is C11H16Cl2N2. The molecule has 0 aliphatic rings. The number of hydrogen-bond donors (Lipinski definition) is 2. The highest BCUT2D eigenvalue weighted by molar-refractivity contribution is 6.42. The van der Waals surface area contributed by atoms with Crippen molar-refractivity contribution in [1.82, 2.24) is 0 Å². The quantitative estimate of drug-likeness (QED) is 0.862. The van der Waals surface area contributed by atoms with Crippen molar-refractivity contribution in [2.24, 2.45) is 11.5 Å². The molecule has 1 aromatic carbocycles. The maximum absolute atomic E-state index is 6.02. The van der Waals surface area contributed by atoms with E-state index in [1.807, 2.05) is 19.9 Å². The number of nitrogens with two attached hydrogens (primary N) is 2. The Kier molecular flexibility index (Phi) is 4.01. The summed E-state index contributed by atoms with van der Waals surface area (Å²) in [5.41, 5.74) is 12.6. The number of rotatable bonds is 3. The van der Waals surface area contributed by atoms with E-state index < -0.39 is 0 Å². The summed E-state index contributed by atoms with van der Waals surface area (Å²) in [6.07, 6.45) is 0.699. The van der Waals surface area contributed by atoms with Gasteiger partial charge in [0.25, 0.3) is 0 Å². The molecule has 0 aromatic heterocycles. The van der Waals surface area contributed by atoms with Gasteiger partial charge < -0.3 is 11.5 Å². The Morgan fingerprint density at radius 3 is 2.33 bits per heavy atom. The minimum Gasteiger partial charge on any atom is -0.325 e. The molecule has 84 valence electrons. The molecule has 4 N–H and O–H groups in total. The van der Waals surface area contributed by atoms with Gasteiger partial charge in [-0.25, -0.2) is 0 Å². The average Bonchev–Trinajstić information content (AvgIpc) is 2.06. The second kappa shape index (κ2) is 4.71. The predicted octanol–water partition coefficient (Wildman–Crippen LogP) is 3.12. The van der Waals surface area contributed by atoms with Gasteiger partial charge in [-0.2, -0.15) is 0 Å². The molecule has 1 rings (SSSR count). The molecule has 0 bridgehead atoms. The van der Waals surface area contributed by atoms with Gasteiger partial charge >= 0.3 is 0 Å². The van der Waals surface area contributed by atoms with Gasteiger partial charge in [0.05, 0.1) is 10.0 Å². The lowest BCUT2D eigenvalue weighted by Gasteiger charge is -2.23. The molecule has 1 atom stereocenters. The van der Waals surface area contributed by atoms with Gasteiger partial charge in [-0.3, -0.25) is 0 Å². The summed E-state index contributed by atoms with van der Waals surface area (Å²) < 4.78 is 0. The van der Waals surface area contributed by atoms with Crippen LogP contribution in [0.4, 0.5) is 0 Å². The van der Waals surface area contributed by atoms with Crippen LogP contribution >= 0.6 is 23.2 Å². The number of benzene rings is 1. The average molecular weight is 247 g/mol. The van der Waals surface area contributed by atoms with E-state index in [-0.39, 0.29) is 11.6 Å². The second-order valence-electron chi connectivity index (χ2n) is 4.47. The molecule has 0 aliphatic heterocycles. The molecule has 2 nitrogen and oxygen atoms in total. The van der Waals surface area contributed by atoms with E-state index in [0.717, 1.165) is 5.56 Å². The minimum atomic E-state index is -0.286. The summed E-state index contributed by atoms with van der Waals surface area (Å²) >= 11 is 11.7. The number of halogens is 2. The minimum absolute atomic E-state index is 0.111. The van der Waals surface area contributed by atoms with Crippen LogP contribution in [0.5, 0.6) is 0 Å². The van der Waals surface area contributed by atoms with E-state index in [1.165, 1.54) is 0 Å². The van der Waals surface area contributed by atoms with Crippen LogP contribution in [0, 0.1) is 0 Å². The first kappa shape index (κ1) is 12.8. The Balaban J connectivity index is 2.83. The van der Waals surface area contributed by atoms with Gasteiger partial charge in [-0.1, -0.05) is 29.3 Å². The topological polar surface area (TPSA) is 52.0 Å². The molecule has 0 heterocycles. The predicted molar refractivity (Wildman–Crippen MR) is 66.3 cm³/mol. The Labute approximate surface area is 101 Å². The molecule has 0 saturated heterocycles. The van der Waals surface area contributed by atoms with Crippen molar-refractivity contribution in [3.05, 3.63) is 33.8 Å². The third kappa shape index (κ3) is 3.99. The van der Waals surface area contributed by atoms with Gasteiger partial charge in [-0.05, 0) is 38.0 Å². The first-order chi connectivity index (χ1) is 6.79. The summed E-state index contributed by atoms with van der Waals surface area (Å²) in [5.74, 6) is 0. The molecule has 0 fully saturated rings. The van der Waals surface area contributed by atoms with Crippen molar-refractivity contribution in [1.29, 1.82) is 0 Å². The summed E-state index contributed by atoms with van der Waals surface area (Å²) in [4.78, 5) is 0. The molecule has 0 spiro atoms. The van der Waals surface area contributed by atoms with Crippen LogP contribution in [0.25, 0.3) is 0 Å². The smallest absolute Gasteiger partial charge is 0.0595 e. The van der Waals surface area contributed by atoms with Gasteiger partial charge in [0.2, 0.25) is 0 Å². The molecule has 1 unspecified atom stereocenters. The highest BCUT2D eigenvalue weighted by atomic mass is 35.5. The van der Waals surface area contributed by atoms with E-state index in [9.17, 15) is 0 Å². The van der Waals surface area contributed by atoms with Crippen LogP contribution in [0.1, 0.15) is 31.9 Å². The fourth-order valence-electron chi connectivity index (χ4n) is 1.43. The zero-order chi connectivity index (χ0) is 11.6. The van der Waals surface area contributed by atoms with Crippen molar-refractivity contribution in [2.75, 3.05) is 0 Å². The van der Waals surface area contributed by atoms with Crippen LogP contribution in [-0.4, -0.2) is 5.54 Å². The van der Waals surface area contributed by atoms with Crippen LogP contribution in [0.2, 0.25) is 10.0 Å². The van der Waals surface area contributed by atoms with E-state index in [2.05, 4.69) is 0 Å². The Hall–Kier alpha value is -0.280. The second-order valence-corrected chi connectivity index (χ2v) is 5.29. The zero-order valence-electron chi connectivity index (χ0n) is 8.93. The third-order valence-corrected chi connectivity index (χ3v) is 2.86. The van der Waals surface area contributed by atoms with Gasteiger partial charge in [-0.15, -0.1) is 0 Å². The lowest BCUT2D eigenvalue weighted by molar-refractivity contribution is 0.429. The number of hydrogen-bond acceptors (Lipinski definition) is 2. The van der Waals surface area contributed by atoms with E-state index in [1.54, 1.807) is 12.1 Å². The van der Waals surface area contributed by atoms with Gasteiger partial charge in [0.1, 0.15) is 0 Å². The van der Waals surface area contributed by atoms with Crippen LogP contribution in [0.3, 0.4) is 0 Å². The molecule has 0 aliphatic carbocycles. The van der Waals surface area contributed by atoms with Crippen LogP contribution in [0.15, 0.2) is 18.2 Å². The summed E-state index contributed by atoms with van der Waals surface area (Å²) in [5, 5.41) is 1.07. The van der Waals surface area contributed by atoms with E-state index in [4.69, 9.17) is 34.7 Å². The fraction of sp³-hybridized carbons (Fsp3) is 0.455. The normalized spacial score (nSPS) is 14.0. The van der Waals surface area contributed by atoms with Crippen LogP contribution < -0.4 is 11.5 Å². The lowest BCUT2D eigenvalue weighted by Crippen LogP contribution is -2.35.